The fourth-order valence-corrected chi connectivity index (χ4v) is 7.39. The second-order valence-electron chi connectivity index (χ2n) is 12.3. The van der Waals surface area contributed by atoms with Gasteiger partial charge in [-0.15, -0.1) is 0 Å². The minimum atomic E-state index is -5.15. The van der Waals surface area contributed by atoms with E-state index < -0.39 is 64.8 Å². The van der Waals surface area contributed by atoms with Crippen LogP contribution in [0.25, 0.3) is 11.6 Å². The average molecular weight is 706 g/mol. The predicted octanol–water partition coefficient (Wildman–Crippen LogP) is 8.57. The summed E-state index contributed by atoms with van der Waals surface area (Å²) in [4.78, 5) is 28.1. The Morgan fingerprint density at radius 3 is 2.24 bits per heavy atom. The normalized spacial score (nSPS) is 22.9. The van der Waals surface area contributed by atoms with Crippen LogP contribution in [0.1, 0.15) is 41.5 Å². The van der Waals surface area contributed by atoms with E-state index >= 15 is 0 Å². The second-order valence-corrected chi connectivity index (χ2v) is 12.7. The molecule has 2 aliphatic heterocycles. The summed E-state index contributed by atoms with van der Waals surface area (Å²) in [6, 6.07) is 15.0. The van der Waals surface area contributed by atoms with Crippen LogP contribution >= 0.6 is 11.6 Å². The fraction of sp³-hybridized carbons (Fsp3) is 0.333. The molecular formula is C36H30ClF6NO5. The van der Waals surface area contributed by atoms with Crippen LogP contribution in [0.3, 0.4) is 0 Å². The van der Waals surface area contributed by atoms with Crippen LogP contribution < -0.4 is 4.90 Å². The fourth-order valence-electron chi connectivity index (χ4n) is 7.16. The maximum atomic E-state index is 13.9. The monoisotopic (exact) mass is 705 g/mol. The highest BCUT2D eigenvalue weighted by Crippen LogP contribution is 2.51. The number of hydrogen-bond donors (Lipinski definition) is 1. The Morgan fingerprint density at radius 1 is 0.959 bits per heavy atom. The van der Waals surface area contributed by atoms with E-state index in [-0.39, 0.29) is 31.5 Å². The number of amides is 2. The zero-order valence-electron chi connectivity index (χ0n) is 25.9. The van der Waals surface area contributed by atoms with Gasteiger partial charge in [0.2, 0.25) is 11.8 Å². The van der Waals surface area contributed by atoms with Crippen molar-refractivity contribution in [1.82, 2.24) is 0 Å². The maximum absolute atomic E-state index is 13.9. The van der Waals surface area contributed by atoms with Crippen molar-refractivity contribution < 1.29 is 50.5 Å². The molecule has 2 amide bonds. The highest BCUT2D eigenvalue weighted by molar-refractivity contribution is 6.32. The number of allylic oxidation sites excluding steroid dienone is 1. The molecule has 0 bridgehead atoms. The summed E-state index contributed by atoms with van der Waals surface area (Å²) in [6.07, 6.45) is -7.92. The smallest absolute Gasteiger partial charge is 0.416 e. The standard InChI is InChI=1S/C36H30ClF6NO5/c1-48-17-22-12-27-32(34(47)44(33(27)46)25-14-23(35(38,39)40)13-24(15-25)36(41,42)43)28-18-49-30(31(22)28)10-8-20(19-5-3-2-4-6-19)11-21-7-9-26(45)16-29(21)37/h2-7,9,11,13-16,27-28,30,32,45H,8,10,12,17-18H2,1H3/b20-11-/t27-,28+,30-,32-/m1/s1. The van der Waals surface area contributed by atoms with Gasteiger partial charge in [0, 0.05) is 13.0 Å². The summed E-state index contributed by atoms with van der Waals surface area (Å²) < 4.78 is 93.6. The van der Waals surface area contributed by atoms with E-state index in [0.29, 0.717) is 46.0 Å². The van der Waals surface area contributed by atoms with Crippen LogP contribution in [0.15, 0.2) is 77.9 Å². The summed E-state index contributed by atoms with van der Waals surface area (Å²) in [7, 11) is 1.46. The molecule has 258 valence electrons. The lowest BCUT2D eigenvalue weighted by atomic mass is 9.69. The molecular weight excluding hydrogens is 676 g/mol. The number of carbonyl (C=O) groups is 2. The molecule has 4 atom stereocenters. The van der Waals surface area contributed by atoms with E-state index in [1.807, 2.05) is 36.4 Å². The van der Waals surface area contributed by atoms with Crippen LogP contribution in [-0.4, -0.2) is 43.3 Å². The molecule has 3 aromatic rings. The molecule has 0 spiro atoms. The third kappa shape index (κ3) is 6.86. The molecule has 0 unspecified atom stereocenters. The van der Waals surface area contributed by atoms with Gasteiger partial charge in [-0.25, -0.2) is 4.90 Å². The van der Waals surface area contributed by atoms with Gasteiger partial charge in [-0.2, -0.15) is 26.3 Å². The minimum absolute atomic E-state index is 0.0226. The minimum Gasteiger partial charge on any atom is -0.508 e. The zero-order valence-corrected chi connectivity index (χ0v) is 26.7. The van der Waals surface area contributed by atoms with E-state index in [4.69, 9.17) is 21.1 Å². The predicted molar refractivity (Wildman–Crippen MR) is 169 cm³/mol. The first kappa shape index (κ1) is 34.7. The van der Waals surface area contributed by atoms with Gasteiger partial charge in [0.1, 0.15) is 5.75 Å². The average Bonchev–Trinajstić information content (AvgIpc) is 3.57. The van der Waals surface area contributed by atoms with Gasteiger partial charge in [0.25, 0.3) is 0 Å². The van der Waals surface area contributed by atoms with Gasteiger partial charge in [-0.05, 0) is 89.6 Å². The number of methoxy groups -OCH3 is 1. The van der Waals surface area contributed by atoms with Crippen molar-refractivity contribution in [2.75, 3.05) is 25.2 Å². The van der Waals surface area contributed by atoms with Crippen molar-refractivity contribution in [3.63, 3.8) is 0 Å². The number of ether oxygens (including phenoxy) is 2. The van der Waals surface area contributed by atoms with Crippen molar-refractivity contribution in [3.8, 4) is 5.75 Å². The quantitative estimate of drug-likeness (QED) is 0.110. The molecule has 2 heterocycles. The summed E-state index contributed by atoms with van der Waals surface area (Å²) in [5.41, 5.74) is -0.0243. The number of aromatic hydroxyl groups is 1. The Bertz CT molecular complexity index is 1810. The van der Waals surface area contributed by atoms with Crippen molar-refractivity contribution in [2.24, 2.45) is 17.8 Å². The topological polar surface area (TPSA) is 76.1 Å². The van der Waals surface area contributed by atoms with E-state index in [2.05, 4.69) is 0 Å². The van der Waals surface area contributed by atoms with Gasteiger partial charge >= 0.3 is 12.4 Å². The number of anilines is 1. The Morgan fingerprint density at radius 2 is 1.63 bits per heavy atom. The van der Waals surface area contributed by atoms with Crippen LogP contribution in [-0.2, 0) is 31.4 Å². The third-order valence-corrected chi connectivity index (χ3v) is 9.62. The summed E-state index contributed by atoms with van der Waals surface area (Å²) in [5, 5.41) is 10.2. The van der Waals surface area contributed by atoms with Crippen molar-refractivity contribution >= 4 is 40.8 Å². The lowest BCUT2D eigenvalue weighted by molar-refractivity contribution is -0.143. The first-order valence-corrected chi connectivity index (χ1v) is 15.8. The lowest BCUT2D eigenvalue weighted by Crippen LogP contribution is -2.35. The molecule has 6 nitrogen and oxygen atoms in total. The Balaban J connectivity index is 1.31. The summed E-state index contributed by atoms with van der Waals surface area (Å²) in [5.74, 6) is -4.37. The molecule has 6 rings (SSSR count). The second kappa shape index (κ2) is 13.3. The highest BCUT2D eigenvalue weighted by atomic mass is 35.5. The van der Waals surface area contributed by atoms with E-state index in [1.165, 1.54) is 19.2 Å². The molecule has 49 heavy (non-hydrogen) atoms. The first-order valence-electron chi connectivity index (χ1n) is 15.4. The Kier molecular flexibility index (Phi) is 9.42. The number of fused-ring (bicyclic) bond motifs is 3. The summed E-state index contributed by atoms with van der Waals surface area (Å²) in [6.45, 7) is 0.133. The molecule has 13 heteroatoms. The molecule has 2 fully saturated rings. The number of imide groups is 1. The summed E-state index contributed by atoms with van der Waals surface area (Å²) >= 11 is 6.40. The third-order valence-electron chi connectivity index (χ3n) is 9.29. The lowest BCUT2D eigenvalue weighted by Gasteiger charge is -2.31. The number of phenols is 1. The van der Waals surface area contributed by atoms with Crippen LogP contribution in [0.5, 0.6) is 5.75 Å². The van der Waals surface area contributed by atoms with Crippen LogP contribution in [0, 0.1) is 17.8 Å². The number of nitrogens with zero attached hydrogens (tertiary/aromatic N) is 1. The molecule has 1 N–H and O–H groups in total. The number of rotatable bonds is 8. The van der Waals surface area contributed by atoms with Crippen LogP contribution in [0.2, 0.25) is 5.02 Å². The van der Waals surface area contributed by atoms with Gasteiger partial charge in [-0.1, -0.05) is 41.9 Å². The Labute approximate surface area is 282 Å². The highest BCUT2D eigenvalue weighted by Gasteiger charge is 2.57. The maximum Gasteiger partial charge on any atom is 0.416 e. The first-order chi connectivity index (χ1) is 23.2. The zero-order chi connectivity index (χ0) is 35.2. The molecule has 3 aliphatic rings. The van der Waals surface area contributed by atoms with Gasteiger partial charge < -0.3 is 14.6 Å². The van der Waals surface area contributed by atoms with E-state index in [1.54, 1.807) is 6.07 Å². The van der Waals surface area contributed by atoms with E-state index in [0.717, 1.165) is 16.7 Å². The molecule has 3 aromatic carbocycles. The SMILES string of the molecule is COCC1=C2[C@@H](CC/C(=C/c3ccc(O)cc3Cl)c3ccccc3)OC[C@@H]2[C@@H]2C(=O)N(c3cc(C(F)(F)F)cc(C(F)(F)F)c3)C(=O)[C@@H]2C1. The molecule has 0 radical (unpaired) electrons. The Hall–Kier alpha value is -4.13. The number of benzene rings is 3. The van der Waals surface area contributed by atoms with Crippen molar-refractivity contribution in [3.05, 3.63) is 105 Å². The number of hydrogen-bond acceptors (Lipinski definition) is 5. The molecule has 1 aliphatic carbocycles. The van der Waals surface area contributed by atoms with Crippen molar-refractivity contribution in [1.29, 1.82) is 0 Å². The van der Waals surface area contributed by atoms with Gasteiger partial charge in [0.05, 0.1) is 53.0 Å². The number of alkyl halides is 6. The van der Waals surface area contributed by atoms with Crippen LogP contribution in [0.4, 0.5) is 32.0 Å². The number of phenolic OH excluding ortho intramolecular Hbond substituents is 1. The molecule has 0 aromatic heterocycles. The van der Waals surface area contributed by atoms with E-state index in [9.17, 15) is 41.0 Å². The van der Waals surface area contributed by atoms with Gasteiger partial charge in [0.15, 0.2) is 0 Å². The number of halogens is 7. The van der Waals surface area contributed by atoms with Crippen molar-refractivity contribution in [2.45, 2.75) is 37.7 Å². The largest absolute Gasteiger partial charge is 0.508 e. The number of carbonyl (C=O) groups excluding carboxylic acids is 2. The van der Waals surface area contributed by atoms with Gasteiger partial charge in [-0.3, -0.25) is 9.59 Å². The molecule has 2 saturated heterocycles. The molecule has 0 saturated carbocycles.